The van der Waals surface area contributed by atoms with E-state index < -0.39 is 0 Å². The van der Waals surface area contributed by atoms with Crippen LogP contribution in [0, 0.1) is 5.92 Å². The van der Waals surface area contributed by atoms with E-state index in [-0.39, 0.29) is 0 Å². The third kappa shape index (κ3) is 3.34. The van der Waals surface area contributed by atoms with Crippen LogP contribution in [0.4, 0.5) is 11.8 Å². The SMILES string of the molecule is CCC(C)Nc1ccnc(N2CCC(C)CC2)n1. The van der Waals surface area contributed by atoms with Gasteiger partial charge in [-0.15, -0.1) is 0 Å². The molecule has 1 atom stereocenters. The largest absolute Gasteiger partial charge is 0.367 e. The van der Waals surface area contributed by atoms with Gasteiger partial charge in [0, 0.05) is 25.3 Å². The van der Waals surface area contributed by atoms with E-state index in [2.05, 4.69) is 41.0 Å². The molecule has 1 aliphatic heterocycles. The first kappa shape index (κ1) is 13.1. The Morgan fingerprint density at radius 1 is 1.44 bits per heavy atom. The highest BCUT2D eigenvalue weighted by Crippen LogP contribution is 2.20. The Morgan fingerprint density at radius 2 is 2.17 bits per heavy atom. The first-order chi connectivity index (χ1) is 8.69. The summed E-state index contributed by atoms with van der Waals surface area (Å²) < 4.78 is 0. The Labute approximate surface area is 110 Å². The monoisotopic (exact) mass is 248 g/mol. The zero-order valence-corrected chi connectivity index (χ0v) is 11.7. The van der Waals surface area contributed by atoms with Gasteiger partial charge in [0.15, 0.2) is 0 Å². The highest BCUT2D eigenvalue weighted by molar-refractivity contribution is 5.42. The van der Waals surface area contributed by atoms with Crippen molar-refractivity contribution in [3.8, 4) is 0 Å². The lowest BCUT2D eigenvalue weighted by Gasteiger charge is -2.30. The second-order valence-electron chi connectivity index (χ2n) is 5.37. The lowest BCUT2D eigenvalue weighted by atomic mass is 10.00. The fourth-order valence-electron chi connectivity index (χ4n) is 2.14. The minimum absolute atomic E-state index is 0.453. The number of hydrogen-bond acceptors (Lipinski definition) is 4. The Balaban J connectivity index is 2.02. The van der Waals surface area contributed by atoms with Crippen molar-refractivity contribution in [3.05, 3.63) is 12.3 Å². The van der Waals surface area contributed by atoms with Gasteiger partial charge in [0.05, 0.1) is 0 Å². The van der Waals surface area contributed by atoms with E-state index in [0.29, 0.717) is 6.04 Å². The molecule has 0 amide bonds. The van der Waals surface area contributed by atoms with Gasteiger partial charge in [0.2, 0.25) is 5.95 Å². The van der Waals surface area contributed by atoms with Crippen molar-refractivity contribution < 1.29 is 0 Å². The van der Waals surface area contributed by atoms with E-state index in [1.807, 2.05) is 12.3 Å². The minimum atomic E-state index is 0.453. The van der Waals surface area contributed by atoms with Gasteiger partial charge in [-0.05, 0) is 38.2 Å². The van der Waals surface area contributed by atoms with Gasteiger partial charge >= 0.3 is 0 Å². The van der Waals surface area contributed by atoms with Gasteiger partial charge in [0.1, 0.15) is 5.82 Å². The van der Waals surface area contributed by atoms with E-state index in [0.717, 1.165) is 37.2 Å². The summed E-state index contributed by atoms with van der Waals surface area (Å²) in [5.74, 6) is 2.64. The van der Waals surface area contributed by atoms with Crippen molar-refractivity contribution in [2.45, 2.75) is 46.1 Å². The Bertz CT molecular complexity index is 372. The number of anilines is 2. The second kappa shape index (κ2) is 6.03. The Kier molecular flexibility index (Phi) is 4.39. The molecule has 0 saturated carbocycles. The molecular formula is C14H24N4. The molecule has 1 aliphatic rings. The summed E-state index contributed by atoms with van der Waals surface area (Å²) in [6.07, 6.45) is 5.43. The zero-order valence-electron chi connectivity index (χ0n) is 11.7. The van der Waals surface area contributed by atoms with E-state index in [9.17, 15) is 0 Å². The van der Waals surface area contributed by atoms with Crippen LogP contribution in [-0.4, -0.2) is 29.1 Å². The molecule has 0 radical (unpaired) electrons. The average molecular weight is 248 g/mol. The van der Waals surface area contributed by atoms with E-state index >= 15 is 0 Å². The van der Waals surface area contributed by atoms with Crippen LogP contribution in [0.15, 0.2) is 12.3 Å². The summed E-state index contributed by atoms with van der Waals surface area (Å²) >= 11 is 0. The normalized spacial score (nSPS) is 18.7. The summed E-state index contributed by atoms with van der Waals surface area (Å²) in [6.45, 7) is 8.82. The second-order valence-corrected chi connectivity index (χ2v) is 5.37. The summed E-state index contributed by atoms with van der Waals surface area (Å²) in [5.41, 5.74) is 0. The van der Waals surface area contributed by atoms with Gasteiger partial charge in [0.25, 0.3) is 0 Å². The van der Waals surface area contributed by atoms with Crippen LogP contribution in [0.25, 0.3) is 0 Å². The van der Waals surface area contributed by atoms with Crippen LogP contribution < -0.4 is 10.2 Å². The Morgan fingerprint density at radius 3 is 2.83 bits per heavy atom. The van der Waals surface area contributed by atoms with Gasteiger partial charge in [-0.2, -0.15) is 4.98 Å². The molecule has 1 aromatic rings. The van der Waals surface area contributed by atoms with Crippen molar-refractivity contribution >= 4 is 11.8 Å². The fourth-order valence-corrected chi connectivity index (χ4v) is 2.14. The summed E-state index contributed by atoms with van der Waals surface area (Å²) in [6, 6.07) is 2.40. The van der Waals surface area contributed by atoms with Crippen molar-refractivity contribution in [2.75, 3.05) is 23.3 Å². The number of rotatable bonds is 4. The molecule has 18 heavy (non-hydrogen) atoms. The van der Waals surface area contributed by atoms with Gasteiger partial charge in [-0.3, -0.25) is 0 Å². The first-order valence-corrected chi connectivity index (χ1v) is 7.03. The fraction of sp³-hybridized carbons (Fsp3) is 0.714. The Hall–Kier alpha value is -1.32. The highest BCUT2D eigenvalue weighted by atomic mass is 15.3. The maximum absolute atomic E-state index is 4.61. The van der Waals surface area contributed by atoms with E-state index in [1.54, 1.807) is 0 Å². The molecule has 1 N–H and O–H groups in total. The zero-order chi connectivity index (χ0) is 13.0. The van der Waals surface area contributed by atoms with Crippen LogP contribution in [-0.2, 0) is 0 Å². The summed E-state index contributed by atoms with van der Waals surface area (Å²) in [7, 11) is 0. The summed E-state index contributed by atoms with van der Waals surface area (Å²) in [4.78, 5) is 11.3. The minimum Gasteiger partial charge on any atom is -0.367 e. The average Bonchev–Trinajstić information content (AvgIpc) is 2.40. The molecule has 4 nitrogen and oxygen atoms in total. The molecule has 0 spiro atoms. The van der Waals surface area contributed by atoms with Crippen LogP contribution >= 0.6 is 0 Å². The molecular weight excluding hydrogens is 224 g/mol. The molecule has 2 rings (SSSR count). The molecule has 4 heteroatoms. The molecule has 0 bridgehead atoms. The molecule has 1 saturated heterocycles. The highest BCUT2D eigenvalue weighted by Gasteiger charge is 2.18. The first-order valence-electron chi connectivity index (χ1n) is 7.03. The van der Waals surface area contributed by atoms with Gasteiger partial charge in [-0.25, -0.2) is 4.98 Å². The number of piperidine rings is 1. The number of aromatic nitrogens is 2. The number of nitrogens with zero attached hydrogens (tertiary/aromatic N) is 3. The molecule has 2 heterocycles. The van der Waals surface area contributed by atoms with Crippen LogP contribution in [0.2, 0.25) is 0 Å². The number of nitrogens with one attached hydrogen (secondary N) is 1. The molecule has 1 fully saturated rings. The predicted octanol–water partition coefficient (Wildman–Crippen LogP) is 2.92. The maximum Gasteiger partial charge on any atom is 0.227 e. The molecule has 100 valence electrons. The third-order valence-corrected chi connectivity index (χ3v) is 3.72. The maximum atomic E-state index is 4.61. The standard InChI is InChI=1S/C14H24N4/c1-4-12(3)16-13-5-8-15-14(17-13)18-9-6-11(2)7-10-18/h5,8,11-12H,4,6-7,9-10H2,1-3H3,(H,15,16,17). The van der Waals surface area contributed by atoms with Crippen molar-refractivity contribution in [1.29, 1.82) is 0 Å². The summed E-state index contributed by atoms with van der Waals surface area (Å²) in [5, 5.41) is 3.40. The van der Waals surface area contributed by atoms with Crippen molar-refractivity contribution in [1.82, 2.24) is 9.97 Å². The third-order valence-electron chi connectivity index (χ3n) is 3.72. The van der Waals surface area contributed by atoms with E-state index in [1.165, 1.54) is 12.8 Å². The predicted molar refractivity (Wildman–Crippen MR) is 76.0 cm³/mol. The lowest BCUT2D eigenvalue weighted by Crippen LogP contribution is -2.34. The molecule has 1 aromatic heterocycles. The van der Waals surface area contributed by atoms with E-state index in [4.69, 9.17) is 0 Å². The number of hydrogen-bond donors (Lipinski definition) is 1. The van der Waals surface area contributed by atoms with Crippen molar-refractivity contribution in [3.63, 3.8) is 0 Å². The lowest BCUT2D eigenvalue weighted by molar-refractivity contribution is 0.434. The molecule has 1 unspecified atom stereocenters. The van der Waals surface area contributed by atoms with Crippen LogP contribution in [0.3, 0.4) is 0 Å². The quantitative estimate of drug-likeness (QED) is 0.889. The van der Waals surface area contributed by atoms with Crippen LogP contribution in [0.5, 0.6) is 0 Å². The van der Waals surface area contributed by atoms with Crippen LogP contribution in [0.1, 0.15) is 40.0 Å². The molecule has 0 aliphatic carbocycles. The van der Waals surface area contributed by atoms with Gasteiger partial charge in [-0.1, -0.05) is 13.8 Å². The smallest absolute Gasteiger partial charge is 0.227 e. The molecule has 0 aromatic carbocycles. The van der Waals surface area contributed by atoms with Gasteiger partial charge < -0.3 is 10.2 Å². The van der Waals surface area contributed by atoms with Crippen molar-refractivity contribution in [2.24, 2.45) is 5.92 Å². The topological polar surface area (TPSA) is 41.1 Å².